The number of nitrogens with two attached hydrogens (primary N) is 1. The minimum Gasteiger partial charge on any atom is -0.338 e. The molecule has 1 aromatic heterocycles. The predicted octanol–water partition coefficient (Wildman–Crippen LogP) is 3.59. The van der Waals surface area contributed by atoms with E-state index >= 15 is 0 Å². The zero-order valence-corrected chi connectivity index (χ0v) is 16.4. The van der Waals surface area contributed by atoms with Crippen LogP contribution in [0.2, 0.25) is 0 Å². The van der Waals surface area contributed by atoms with Crippen LogP contribution in [0.3, 0.4) is 0 Å². The van der Waals surface area contributed by atoms with Crippen LogP contribution < -0.4 is 5.73 Å². The molecule has 1 aliphatic rings. The minimum atomic E-state index is -0.247. The molecule has 8 heteroatoms. The van der Waals surface area contributed by atoms with E-state index in [-0.39, 0.29) is 42.6 Å². The minimum absolute atomic E-state index is 0. The van der Waals surface area contributed by atoms with Gasteiger partial charge in [0.2, 0.25) is 0 Å². The average Bonchev–Trinajstić information content (AvgIpc) is 2.90. The topological polar surface area (TPSA) is 59.2 Å². The summed E-state index contributed by atoms with van der Waals surface area (Å²) < 4.78 is 13.0. The molecule has 3 rings (SSSR count). The highest BCUT2D eigenvalue weighted by Crippen LogP contribution is 2.24. The van der Waals surface area contributed by atoms with Crippen molar-refractivity contribution >= 4 is 42.1 Å². The Bertz CT molecular complexity index is 700. The molecule has 0 radical (unpaired) electrons. The molecule has 2 aromatic rings. The van der Waals surface area contributed by atoms with E-state index in [1.165, 1.54) is 23.5 Å². The van der Waals surface area contributed by atoms with Crippen molar-refractivity contribution in [3.63, 3.8) is 0 Å². The van der Waals surface area contributed by atoms with Crippen molar-refractivity contribution in [1.29, 1.82) is 0 Å². The number of hydrogen-bond donors (Lipinski definition) is 1. The van der Waals surface area contributed by atoms with Gasteiger partial charge in [-0.2, -0.15) is 0 Å². The molecule has 2 N–H and O–H groups in total. The molecule has 0 unspecified atom stereocenters. The second kappa shape index (κ2) is 9.48. The highest BCUT2D eigenvalue weighted by atomic mass is 35.5. The molecule has 1 saturated heterocycles. The Balaban J connectivity index is 0.00000156. The highest BCUT2D eigenvalue weighted by Gasteiger charge is 2.25. The highest BCUT2D eigenvalue weighted by molar-refractivity contribution is 7.13. The molecule has 0 saturated carbocycles. The van der Waals surface area contributed by atoms with Crippen LogP contribution in [0.4, 0.5) is 4.39 Å². The Labute approximate surface area is 163 Å². The number of carbonyl (C=O) groups excluding carboxylic acids is 1. The first-order chi connectivity index (χ1) is 11.0. The third-order valence-corrected chi connectivity index (χ3v) is 5.28. The van der Waals surface area contributed by atoms with Crippen LogP contribution >= 0.6 is 36.2 Å². The van der Waals surface area contributed by atoms with E-state index in [0.717, 1.165) is 29.1 Å². The van der Waals surface area contributed by atoms with E-state index in [2.05, 4.69) is 4.98 Å². The molecule has 2 heterocycles. The lowest BCUT2D eigenvalue weighted by Gasteiger charge is -2.29. The van der Waals surface area contributed by atoms with Crippen LogP contribution in [0.1, 0.15) is 38.8 Å². The number of aryl methyl sites for hydroxylation is 1. The van der Waals surface area contributed by atoms with Crippen LogP contribution in [0.15, 0.2) is 24.3 Å². The summed E-state index contributed by atoms with van der Waals surface area (Å²) in [6.07, 6.45) is 2.32. The molecule has 0 atom stereocenters. The Morgan fingerprint density at radius 2 is 1.88 bits per heavy atom. The van der Waals surface area contributed by atoms with Gasteiger partial charge in [0.05, 0.1) is 10.7 Å². The van der Waals surface area contributed by atoms with Gasteiger partial charge in [-0.25, -0.2) is 9.37 Å². The van der Waals surface area contributed by atoms with Gasteiger partial charge in [0.25, 0.3) is 5.91 Å². The van der Waals surface area contributed by atoms with Gasteiger partial charge in [0, 0.05) is 25.6 Å². The Hall–Kier alpha value is -1.21. The summed E-state index contributed by atoms with van der Waals surface area (Å²) in [4.78, 5) is 19.7. The molecule has 0 spiro atoms. The maximum atomic E-state index is 13.0. The molecule has 1 fully saturated rings. The van der Waals surface area contributed by atoms with Crippen molar-refractivity contribution in [3.8, 4) is 0 Å². The molecule has 0 bridgehead atoms. The van der Waals surface area contributed by atoms with Gasteiger partial charge in [-0.3, -0.25) is 4.79 Å². The lowest BCUT2D eigenvalue weighted by atomic mass is 10.1. The number of piperidine rings is 1. The number of amides is 1. The number of nitrogens with zero attached hydrogens (tertiary/aromatic N) is 2. The van der Waals surface area contributed by atoms with Gasteiger partial charge >= 0.3 is 0 Å². The van der Waals surface area contributed by atoms with Crippen LogP contribution in [0.25, 0.3) is 0 Å². The number of rotatable bonds is 3. The smallest absolute Gasteiger partial charge is 0.265 e. The number of likely N-dealkylation sites (tertiary alicyclic amines) is 1. The SMILES string of the molecule is Cc1nc(Cc2ccc(F)cc2)sc1C(=O)N1CCC(N)CC1.Cl.Cl. The van der Waals surface area contributed by atoms with Crippen LogP contribution in [-0.2, 0) is 6.42 Å². The van der Waals surface area contributed by atoms with E-state index < -0.39 is 0 Å². The van der Waals surface area contributed by atoms with E-state index in [1.54, 1.807) is 12.1 Å². The second-order valence-electron chi connectivity index (χ2n) is 5.96. The van der Waals surface area contributed by atoms with Crippen molar-refractivity contribution < 1.29 is 9.18 Å². The van der Waals surface area contributed by atoms with Crippen molar-refractivity contribution in [3.05, 3.63) is 51.2 Å². The van der Waals surface area contributed by atoms with Gasteiger partial charge in [-0.1, -0.05) is 12.1 Å². The van der Waals surface area contributed by atoms with Gasteiger partial charge < -0.3 is 10.6 Å². The molecular formula is C17H22Cl2FN3OS. The largest absolute Gasteiger partial charge is 0.338 e. The molecular weight excluding hydrogens is 384 g/mol. The summed E-state index contributed by atoms with van der Waals surface area (Å²) in [6, 6.07) is 6.59. The molecule has 0 aliphatic carbocycles. The molecule has 1 aliphatic heterocycles. The normalized spacial score (nSPS) is 14.6. The number of benzene rings is 1. The zero-order chi connectivity index (χ0) is 16.4. The quantitative estimate of drug-likeness (QED) is 0.848. The summed E-state index contributed by atoms with van der Waals surface area (Å²) in [6.45, 7) is 3.29. The van der Waals surface area contributed by atoms with Crippen molar-refractivity contribution in [2.45, 2.75) is 32.2 Å². The van der Waals surface area contributed by atoms with Crippen LogP contribution in [0, 0.1) is 12.7 Å². The average molecular weight is 406 g/mol. The van der Waals surface area contributed by atoms with Gasteiger partial charge in [0.15, 0.2) is 0 Å². The monoisotopic (exact) mass is 405 g/mol. The standard InChI is InChI=1S/C17H20FN3OS.2ClH/c1-11-16(17(22)21-8-6-14(19)7-9-21)23-15(20-11)10-12-2-4-13(18)5-3-12;;/h2-5,14H,6-10,19H2,1H3;2*1H. The Morgan fingerprint density at radius 1 is 1.28 bits per heavy atom. The number of carbonyl (C=O) groups is 1. The number of hydrogen-bond acceptors (Lipinski definition) is 4. The van der Waals surface area contributed by atoms with Crippen LogP contribution in [0.5, 0.6) is 0 Å². The summed E-state index contributed by atoms with van der Waals surface area (Å²) in [5.74, 6) is -0.194. The van der Waals surface area contributed by atoms with Crippen molar-refractivity contribution in [2.24, 2.45) is 5.73 Å². The van der Waals surface area contributed by atoms with Crippen LogP contribution in [-0.4, -0.2) is 34.9 Å². The van der Waals surface area contributed by atoms with Gasteiger partial charge in [-0.05, 0) is 37.5 Å². The third kappa shape index (κ3) is 5.38. The molecule has 1 amide bonds. The molecule has 138 valence electrons. The fraction of sp³-hybridized carbons (Fsp3) is 0.412. The maximum absolute atomic E-state index is 13.0. The Kier molecular flexibility index (Phi) is 8.28. The lowest BCUT2D eigenvalue weighted by Crippen LogP contribution is -2.42. The first kappa shape index (κ1) is 21.8. The first-order valence-corrected chi connectivity index (χ1v) is 8.60. The third-order valence-electron chi connectivity index (χ3n) is 4.13. The summed E-state index contributed by atoms with van der Waals surface area (Å²) in [7, 11) is 0. The van der Waals surface area contributed by atoms with E-state index in [0.29, 0.717) is 24.4 Å². The van der Waals surface area contributed by atoms with E-state index in [4.69, 9.17) is 5.73 Å². The molecule has 25 heavy (non-hydrogen) atoms. The fourth-order valence-corrected chi connectivity index (χ4v) is 3.82. The summed E-state index contributed by atoms with van der Waals surface area (Å²) >= 11 is 1.43. The molecule has 4 nitrogen and oxygen atoms in total. The van der Waals surface area contributed by atoms with Gasteiger partial charge in [-0.15, -0.1) is 36.2 Å². The summed E-state index contributed by atoms with van der Waals surface area (Å²) in [5, 5.41) is 0.881. The van der Waals surface area contributed by atoms with Gasteiger partial charge in [0.1, 0.15) is 10.7 Å². The lowest BCUT2D eigenvalue weighted by molar-refractivity contribution is 0.0718. The number of thiazole rings is 1. The first-order valence-electron chi connectivity index (χ1n) is 7.78. The fourth-order valence-electron chi connectivity index (χ4n) is 2.75. The van der Waals surface area contributed by atoms with Crippen molar-refractivity contribution in [1.82, 2.24) is 9.88 Å². The second-order valence-corrected chi connectivity index (χ2v) is 7.04. The Morgan fingerprint density at radius 3 is 2.48 bits per heavy atom. The zero-order valence-electron chi connectivity index (χ0n) is 13.9. The van der Waals surface area contributed by atoms with E-state index in [1.807, 2.05) is 11.8 Å². The maximum Gasteiger partial charge on any atom is 0.265 e. The predicted molar refractivity (Wildman–Crippen MR) is 104 cm³/mol. The van der Waals surface area contributed by atoms with Crippen molar-refractivity contribution in [2.75, 3.05) is 13.1 Å². The summed E-state index contributed by atoms with van der Waals surface area (Å²) in [5.41, 5.74) is 7.65. The number of halogens is 3. The number of aromatic nitrogens is 1. The van der Waals surface area contributed by atoms with E-state index in [9.17, 15) is 9.18 Å². The molecule has 1 aromatic carbocycles.